The molecule has 0 aliphatic heterocycles. The minimum atomic E-state index is -0.774. The molecule has 1 aromatic rings. The second-order valence-corrected chi connectivity index (χ2v) is 5.10. The predicted molar refractivity (Wildman–Crippen MR) is 66.9 cm³/mol. The zero-order chi connectivity index (χ0) is 13.4. The van der Waals surface area contributed by atoms with Crippen LogP contribution in [0.15, 0.2) is 0 Å². The monoisotopic (exact) mass is 254 g/mol. The van der Waals surface area contributed by atoms with Gasteiger partial charge >= 0.3 is 5.97 Å². The molecule has 0 saturated heterocycles. The highest BCUT2D eigenvalue weighted by molar-refractivity contribution is 5.70. The summed E-state index contributed by atoms with van der Waals surface area (Å²) in [6.45, 7) is 4.41. The minimum absolute atomic E-state index is 0.357. The molecule has 2 N–H and O–H groups in total. The first-order valence-corrected chi connectivity index (χ1v) is 6.54. The number of nitrogens with zero attached hydrogens (tertiary/aromatic N) is 3. The van der Waals surface area contributed by atoms with Gasteiger partial charge in [-0.15, -0.1) is 10.2 Å². The third kappa shape index (κ3) is 5.75. The SMILES string of the molecule is CC(C)CCCCC[C@@H](Cc1nn[nH]n1)C(=O)O. The summed E-state index contributed by atoms with van der Waals surface area (Å²) in [6.07, 6.45) is 5.46. The van der Waals surface area contributed by atoms with Crippen LogP contribution in [0.5, 0.6) is 0 Å². The van der Waals surface area contributed by atoms with Crippen molar-refractivity contribution in [2.75, 3.05) is 0 Å². The van der Waals surface area contributed by atoms with E-state index >= 15 is 0 Å². The van der Waals surface area contributed by atoms with Crippen molar-refractivity contribution in [1.82, 2.24) is 20.6 Å². The van der Waals surface area contributed by atoms with Gasteiger partial charge in [0.05, 0.1) is 5.92 Å². The lowest BCUT2D eigenvalue weighted by Gasteiger charge is -2.10. The quantitative estimate of drug-likeness (QED) is 0.658. The van der Waals surface area contributed by atoms with Gasteiger partial charge in [-0.3, -0.25) is 4.79 Å². The Morgan fingerprint density at radius 1 is 1.28 bits per heavy atom. The molecule has 0 bridgehead atoms. The molecule has 0 saturated carbocycles. The van der Waals surface area contributed by atoms with Crippen molar-refractivity contribution in [1.29, 1.82) is 0 Å². The van der Waals surface area contributed by atoms with E-state index in [2.05, 4.69) is 34.5 Å². The second kappa shape index (κ2) is 7.79. The first-order chi connectivity index (χ1) is 8.59. The van der Waals surface area contributed by atoms with E-state index in [0.717, 1.165) is 18.8 Å². The Hall–Kier alpha value is -1.46. The van der Waals surface area contributed by atoms with Crippen molar-refractivity contribution < 1.29 is 9.90 Å². The Morgan fingerprint density at radius 2 is 2.00 bits per heavy atom. The second-order valence-electron chi connectivity index (χ2n) is 5.10. The highest BCUT2D eigenvalue weighted by Gasteiger charge is 2.19. The van der Waals surface area contributed by atoms with Gasteiger partial charge in [-0.05, 0) is 12.3 Å². The molecule has 0 aromatic carbocycles. The number of carbonyl (C=O) groups is 1. The number of carboxylic acid groups (broad SMARTS) is 1. The molecule has 1 rings (SSSR count). The fourth-order valence-electron chi connectivity index (χ4n) is 1.92. The van der Waals surface area contributed by atoms with Gasteiger partial charge in [-0.25, -0.2) is 0 Å². The minimum Gasteiger partial charge on any atom is -0.481 e. The number of H-pyrrole nitrogens is 1. The molecule has 6 heteroatoms. The van der Waals surface area contributed by atoms with Crippen LogP contribution in [0.1, 0.15) is 51.8 Å². The summed E-state index contributed by atoms with van der Waals surface area (Å²) in [5.74, 6) is 0.0227. The number of aromatic amines is 1. The highest BCUT2D eigenvalue weighted by atomic mass is 16.4. The lowest BCUT2D eigenvalue weighted by atomic mass is 9.96. The molecular formula is C12H22N4O2. The number of aromatic nitrogens is 4. The molecule has 6 nitrogen and oxygen atoms in total. The maximum Gasteiger partial charge on any atom is 0.306 e. The van der Waals surface area contributed by atoms with Crippen molar-refractivity contribution in [3.8, 4) is 0 Å². The van der Waals surface area contributed by atoms with E-state index < -0.39 is 11.9 Å². The van der Waals surface area contributed by atoms with E-state index in [0.29, 0.717) is 18.7 Å². The Kier molecular flexibility index (Phi) is 6.32. The van der Waals surface area contributed by atoms with Gasteiger partial charge < -0.3 is 5.11 Å². The largest absolute Gasteiger partial charge is 0.481 e. The first kappa shape index (κ1) is 14.6. The molecule has 0 spiro atoms. The van der Waals surface area contributed by atoms with Crippen molar-refractivity contribution >= 4 is 5.97 Å². The summed E-state index contributed by atoms with van der Waals surface area (Å²) in [7, 11) is 0. The van der Waals surface area contributed by atoms with Gasteiger partial charge in [0, 0.05) is 6.42 Å². The summed E-state index contributed by atoms with van der Waals surface area (Å²) in [5, 5.41) is 22.5. The summed E-state index contributed by atoms with van der Waals surface area (Å²) >= 11 is 0. The fraction of sp³-hybridized carbons (Fsp3) is 0.833. The number of aliphatic carboxylic acids is 1. The number of tetrazole rings is 1. The average molecular weight is 254 g/mol. The van der Waals surface area contributed by atoms with Crippen LogP contribution in [-0.2, 0) is 11.2 Å². The van der Waals surface area contributed by atoms with E-state index in [1.165, 1.54) is 12.8 Å². The topological polar surface area (TPSA) is 91.8 Å². The van der Waals surface area contributed by atoms with Crippen molar-refractivity contribution in [2.45, 2.75) is 52.4 Å². The van der Waals surface area contributed by atoms with E-state index in [1.807, 2.05) is 0 Å². The van der Waals surface area contributed by atoms with Gasteiger partial charge in [-0.1, -0.05) is 44.7 Å². The number of hydrogen-bond donors (Lipinski definition) is 2. The number of carboxylic acids is 1. The molecule has 1 aromatic heterocycles. The molecule has 0 unspecified atom stereocenters. The zero-order valence-electron chi connectivity index (χ0n) is 11.1. The Bertz CT molecular complexity index is 338. The molecular weight excluding hydrogens is 232 g/mol. The van der Waals surface area contributed by atoms with Crippen LogP contribution in [0.25, 0.3) is 0 Å². The molecule has 0 amide bonds. The van der Waals surface area contributed by atoms with Gasteiger partial charge in [0.2, 0.25) is 0 Å². The smallest absolute Gasteiger partial charge is 0.306 e. The molecule has 0 fully saturated rings. The lowest BCUT2D eigenvalue weighted by Crippen LogP contribution is -2.17. The van der Waals surface area contributed by atoms with Crippen molar-refractivity contribution in [3.05, 3.63) is 5.82 Å². The van der Waals surface area contributed by atoms with E-state index in [4.69, 9.17) is 5.11 Å². The molecule has 0 radical (unpaired) electrons. The summed E-state index contributed by atoms with van der Waals surface area (Å²) in [4.78, 5) is 11.1. The summed E-state index contributed by atoms with van der Waals surface area (Å²) in [6, 6.07) is 0. The number of unbranched alkanes of at least 4 members (excludes halogenated alkanes) is 2. The third-order valence-corrected chi connectivity index (χ3v) is 3.00. The Labute approximate surface area is 107 Å². The molecule has 0 aliphatic carbocycles. The van der Waals surface area contributed by atoms with Crippen molar-refractivity contribution in [3.63, 3.8) is 0 Å². The zero-order valence-corrected chi connectivity index (χ0v) is 11.1. The number of rotatable bonds is 9. The van der Waals surface area contributed by atoms with E-state index in [-0.39, 0.29) is 0 Å². The maximum absolute atomic E-state index is 11.1. The molecule has 102 valence electrons. The maximum atomic E-state index is 11.1. The first-order valence-electron chi connectivity index (χ1n) is 6.54. The summed E-state index contributed by atoms with van der Waals surface area (Å²) < 4.78 is 0. The van der Waals surface area contributed by atoms with E-state index in [1.54, 1.807) is 0 Å². The van der Waals surface area contributed by atoms with Crippen LogP contribution in [0.4, 0.5) is 0 Å². The molecule has 18 heavy (non-hydrogen) atoms. The van der Waals surface area contributed by atoms with Crippen LogP contribution < -0.4 is 0 Å². The fourth-order valence-corrected chi connectivity index (χ4v) is 1.92. The molecule has 1 heterocycles. The van der Waals surface area contributed by atoms with Gasteiger partial charge in [0.15, 0.2) is 5.82 Å². The normalized spacial score (nSPS) is 12.8. The third-order valence-electron chi connectivity index (χ3n) is 3.00. The van der Waals surface area contributed by atoms with Crippen LogP contribution in [-0.4, -0.2) is 31.7 Å². The predicted octanol–water partition coefficient (Wildman–Crippen LogP) is 2.05. The van der Waals surface area contributed by atoms with Crippen LogP contribution >= 0.6 is 0 Å². The van der Waals surface area contributed by atoms with Gasteiger partial charge in [-0.2, -0.15) is 5.21 Å². The van der Waals surface area contributed by atoms with Crippen LogP contribution in [0.2, 0.25) is 0 Å². The highest BCUT2D eigenvalue weighted by Crippen LogP contribution is 2.16. The summed E-state index contributed by atoms with van der Waals surface area (Å²) in [5.41, 5.74) is 0. The van der Waals surface area contributed by atoms with E-state index in [9.17, 15) is 4.79 Å². The Morgan fingerprint density at radius 3 is 2.56 bits per heavy atom. The molecule has 1 atom stereocenters. The lowest BCUT2D eigenvalue weighted by molar-refractivity contribution is -0.142. The Balaban J connectivity index is 2.24. The van der Waals surface area contributed by atoms with Crippen LogP contribution in [0, 0.1) is 11.8 Å². The number of nitrogens with one attached hydrogen (secondary N) is 1. The van der Waals surface area contributed by atoms with Crippen LogP contribution in [0.3, 0.4) is 0 Å². The number of hydrogen-bond acceptors (Lipinski definition) is 4. The van der Waals surface area contributed by atoms with Gasteiger partial charge in [0.1, 0.15) is 0 Å². The average Bonchev–Trinajstić information content (AvgIpc) is 2.79. The molecule has 0 aliphatic rings. The standard InChI is InChI=1S/C12H22N4O2/c1-9(2)6-4-3-5-7-10(12(17)18)8-11-13-15-16-14-11/h9-10H,3-8H2,1-2H3,(H,17,18)(H,13,14,15,16)/t10-/m0/s1. The van der Waals surface area contributed by atoms with Crippen molar-refractivity contribution in [2.24, 2.45) is 11.8 Å². The van der Waals surface area contributed by atoms with Gasteiger partial charge in [0.25, 0.3) is 0 Å².